The molecule has 2 rings (SSSR count). The molecule has 20 heavy (non-hydrogen) atoms. The fourth-order valence-corrected chi connectivity index (χ4v) is 1.81. The Morgan fingerprint density at radius 3 is 2.75 bits per heavy atom. The van der Waals surface area contributed by atoms with Crippen LogP contribution in [0.3, 0.4) is 0 Å². The third kappa shape index (κ3) is 3.03. The lowest BCUT2D eigenvalue weighted by Gasteiger charge is -2.06. The second kappa shape index (κ2) is 5.70. The smallest absolute Gasteiger partial charge is 0.435 e. The molecule has 2 aromatic rings. The first-order valence-corrected chi connectivity index (χ1v) is 6.85. The van der Waals surface area contributed by atoms with Crippen molar-refractivity contribution in [3.05, 3.63) is 24.0 Å². The van der Waals surface area contributed by atoms with Crippen molar-refractivity contribution in [2.75, 3.05) is 12.9 Å². The molecular weight excluding hydrogens is 293 g/mol. The van der Waals surface area contributed by atoms with E-state index in [0.29, 0.717) is 5.03 Å². The molecule has 0 spiro atoms. The number of rotatable bonds is 4. The molecule has 0 amide bonds. The van der Waals surface area contributed by atoms with E-state index >= 15 is 0 Å². The maximum Gasteiger partial charge on any atom is 0.435 e. The summed E-state index contributed by atoms with van der Waals surface area (Å²) < 4.78 is 44.2. The van der Waals surface area contributed by atoms with Crippen molar-refractivity contribution >= 4 is 11.8 Å². The van der Waals surface area contributed by atoms with Crippen LogP contribution in [0.2, 0.25) is 0 Å². The minimum absolute atomic E-state index is 0.0378. The zero-order chi connectivity index (χ0) is 14.8. The Labute approximate surface area is 117 Å². The summed E-state index contributed by atoms with van der Waals surface area (Å²) in [6.07, 6.45) is -1.28. The van der Waals surface area contributed by atoms with E-state index < -0.39 is 11.9 Å². The Morgan fingerprint density at radius 1 is 1.40 bits per heavy atom. The lowest BCUT2D eigenvalue weighted by atomic mass is 10.4. The molecule has 5 nitrogen and oxygen atoms in total. The Bertz CT molecular complexity index is 600. The minimum Gasteiger partial charge on any atom is -0.478 e. The molecule has 0 bridgehead atoms. The number of ether oxygens (including phenoxy) is 1. The molecule has 0 aromatic carbocycles. The van der Waals surface area contributed by atoms with E-state index in [1.54, 1.807) is 19.2 Å². The van der Waals surface area contributed by atoms with Crippen LogP contribution in [0.1, 0.15) is 12.6 Å². The third-order valence-corrected chi connectivity index (χ3v) is 2.92. The lowest BCUT2D eigenvalue weighted by Crippen LogP contribution is -2.09. The van der Waals surface area contributed by atoms with Crippen molar-refractivity contribution in [2.24, 2.45) is 0 Å². The van der Waals surface area contributed by atoms with Crippen LogP contribution in [-0.2, 0) is 6.18 Å². The second-order valence-electron chi connectivity index (χ2n) is 3.61. The topological polar surface area (TPSA) is 52.8 Å². The Kier molecular flexibility index (Phi) is 4.17. The van der Waals surface area contributed by atoms with Gasteiger partial charge >= 0.3 is 6.18 Å². The normalized spacial score (nSPS) is 11.7. The first-order valence-electron chi connectivity index (χ1n) is 5.63. The van der Waals surface area contributed by atoms with Crippen LogP contribution in [-0.4, -0.2) is 32.6 Å². The van der Waals surface area contributed by atoms with Crippen molar-refractivity contribution in [1.29, 1.82) is 0 Å². The highest BCUT2D eigenvalue weighted by Crippen LogP contribution is 2.31. The van der Waals surface area contributed by atoms with Gasteiger partial charge in [0.25, 0.3) is 5.95 Å². The van der Waals surface area contributed by atoms with E-state index in [0.717, 1.165) is 10.7 Å². The molecule has 0 aliphatic heterocycles. The number of hydrogen-bond donors (Lipinski definition) is 0. The lowest BCUT2D eigenvalue weighted by molar-refractivity contribution is -0.141. The predicted octanol–water partition coefficient (Wildman–Crippen LogP) is 2.80. The molecular formula is C11H11F3N4OS. The van der Waals surface area contributed by atoms with Gasteiger partial charge < -0.3 is 4.74 Å². The molecule has 0 N–H and O–H groups in total. The van der Waals surface area contributed by atoms with Gasteiger partial charge in [0.1, 0.15) is 5.03 Å². The summed E-state index contributed by atoms with van der Waals surface area (Å²) in [5.41, 5.74) is -1.04. The molecule has 0 radical (unpaired) electrons. The van der Waals surface area contributed by atoms with Crippen LogP contribution in [0.15, 0.2) is 23.4 Å². The highest BCUT2D eigenvalue weighted by molar-refractivity contribution is 7.98. The first kappa shape index (κ1) is 14.6. The highest BCUT2D eigenvalue weighted by Gasteiger charge is 2.35. The van der Waals surface area contributed by atoms with Crippen LogP contribution in [0.5, 0.6) is 5.88 Å². The molecule has 0 saturated carbocycles. The van der Waals surface area contributed by atoms with E-state index in [9.17, 15) is 13.2 Å². The number of hydrogen-bond acceptors (Lipinski definition) is 5. The fraction of sp³-hybridized carbons (Fsp3) is 0.364. The van der Waals surface area contributed by atoms with Gasteiger partial charge in [-0.05, 0) is 19.2 Å². The van der Waals surface area contributed by atoms with Gasteiger partial charge in [0, 0.05) is 12.3 Å². The van der Waals surface area contributed by atoms with Crippen molar-refractivity contribution in [2.45, 2.75) is 18.1 Å². The molecule has 0 saturated heterocycles. The van der Waals surface area contributed by atoms with E-state index in [1.165, 1.54) is 18.0 Å². The van der Waals surface area contributed by atoms with Crippen LogP contribution in [0.25, 0.3) is 5.95 Å². The summed E-state index contributed by atoms with van der Waals surface area (Å²) in [4.78, 5) is 8.03. The SMILES string of the molecule is CCOc1cc(C(F)(F)F)nn1-c1nccc(SC)n1. The van der Waals surface area contributed by atoms with Crippen molar-refractivity contribution in [1.82, 2.24) is 19.7 Å². The quantitative estimate of drug-likeness (QED) is 0.642. The summed E-state index contributed by atoms with van der Waals surface area (Å²) in [5, 5.41) is 4.10. The summed E-state index contributed by atoms with van der Waals surface area (Å²) >= 11 is 1.35. The van der Waals surface area contributed by atoms with Gasteiger partial charge in [-0.3, -0.25) is 0 Å². The summed E-state index contributed by atoms with van der Waals surface area (Å²) in [7, 11) is 0. The summed E-state index contributed by atoms with van der Waals surface area (Å²) in [6, 6.07) is 2.49. The van der Waals surface area contributed by atoms with Crippen LogP contribution in [0, 0.1) is 0 Å². The average Bonchev–Trinajstić information content (AvgIpc) is 2.83. The summed E-state index contributed by atoms with van der Waals surface area (Å²) in [6.45, 7) is 1.88. The maximum atomic E-state index is 12.7. The largest absolute Gasteiger partial charge is 0.478 e. The summed E-state index contributed by atoms with van der Waals surface area (Å²) in [5.74, 6) is -0.00567. The highest BCUT2D eigenvalue weighted by atomic mass is 32.2. The molecule has 0 unspecified atom stereocenters. The van der Waals surface area contributed by atoms with Crippen molar-refractivity contribution < 1.29 is 17.9 Å². The molecule has 2 heterocycles. The van der Waals surface area contributed by atoms with Gasteiger partial charge in [-0.2, -0.15) is 23.0 Å². The Hall–Kier alpha value is -1.77. The predicted molar refractivity (Wildman–Crippen MR) is 67.1 cm³/mol. The average molecular weight is 304 g/mol. The monoisotopic (exact) mass is 304 g/mol. The fourth-order valence-electron chi connectivity index (χ4n) is 1.44. The number of aromatic nitrogens is 4. The van der Waals surface area contributed by atoms with Gasteiger partial charge in [-0.1, -0.05) is 0 Å². The van der Waals surface area contributed by atoms with E-state index in [2.05, 4.69) is 15.1 Å². The van der Waals surface area contributed by atoms with Gasteiger partial charge in [0.2, 0.25) is 5.88 Å². The first-order chi connectivity index (χ1) is 9.45. The van der Waals surface area contributed by atoms with Crippen LogP contribution >= 0.6 is 11.8 Å². The molecule has 108 valence electrons. The maximum absolute atomic E-state index is 12.7. The molecule has 0 fully saturated rings. The zero-order valence-corrected chi connectivity index (χ0v) is 11.5. The van der Waals surface area contributed by atoms with Gasteiger partial charge in [-0.25, -0.2) is 9.97 Å². The molecule has 0 atom stereocenters. The molecule has 0 aliphatic carbocycles. The second-order valence-corrected chi connectivity index (χ2v) is 4.44. The van der Waals surface area contributed by atoms with Crippen LogP contribution in [0.4, 0.5) is 13.2 Å². The zero-order valence-electron chi connectivity index (χ0n) is 10.7. The van der Waals surface area contributed by atoms with Gasteiger partial charge in [-0.15, -0.1) is 11.8 Å². The standard InChI is InChI=1S/C11H11F3N4OS/c1-3-19-9-6-7(11(12,13)14)17-18(9)10-15-5-4-8(16-10)20-2/h4-6H,3H2,1-2H3. The number of nitrogens with zero attached hydrogens (tertiary/aromatic N) is 4. The molecule has 2 aromatic heterocycles. The van der Waals surface area contributed by atoms with E-state index in [4.69, 9.17) is 4.74 Å². The van der Waals surface area contributed by atoms with Gasteiger partial charge in [0.05, 0.1) is 6.61 Å². The Morgan fingerprint density at radius 2 is 2.15 bits per heavy atom. The third-order valence-electron chi connectivity index (χ3n) is 2.28. The number of alkyl halides is 3. The van der Waals surface area contributed by atoms with E-state index in [-0.39, 0.29) is 18.4 Å². The minimum atomic E-state index is -4.55. The van der Waals surface area contributed by atoms with E-state index in [1.807, 2.05) is 0 Å². The molecule has 9 heteroatoms. The molecule has 0 aliphatic rings. The number of thioether (sulfide) groups is 1. The van der Waals surface area contributed by atoms with Crippen molar-refractivity contribution in [3.8, 4) is 11.8 Å². The Balaban J connectivity index is 2.50. The van der Waals surface area contributed by atoms with Crippen molar-refractivity contribution in [3.63, 3.8) is 0 Å². The van der Waals surface area contributed by atoms with Crippen LogP contribution < -0.4 is 4.74 Å². The number of halogens is 3. The van der Waals surface area contributed by atoms with Gasteiger partial charge in [0.15, 0.2) is 5.69 Å².